The molecule has 0 aliphatic heterocycles. The van der Waals surface area contributed by atoms with E-state index in [0.717, 1.165) is 40.7 Å². The molecule has 32 nitrogen and oxygen atoms in total. The number of rotatable bonds is 37. The summed E-state index contributed by atoms with van der Waals surface area (Å²) in [6, 6.07) is 49.9. The number of benzene rings is 10. The molecule has 142 heavy (non-hydrogen) atoms. The molecule has 0 saturated heterocycles. The number of carbonyl (C=O) groups excluding carboxylic acids is 4. The van der Waals surface area contributed by atoms with Crippen molar-refractivity contribution in [3.8, 4) is 28.7 Å². The molecule has 10 aromatic carbocycles. The molecule has 0 spiro atoms. The van der Waals surface area contributed by atoms with Crippen LogP contribution in [0.15, 0.2) is 205 Å². The number of hydrogen-bond donors (Lipinski definition) is 15. The number of aromatic nitrogens is 10. The lowest BCUT2D eigenvalue weighted by molar-refractivity contribution is 0.0519. The second-order valence-corrected chi connectivity index (χ2v) is 31.7. The summed E-state index contributed by atoms with van der Waals surface area (Å²) in [5, 5.41) is 112. The molecule has 3 amide bonds. The summed E-state index contributed by atoms with van der Waals surface area (Å²) in [5.74, 6) is -2.04. The molecule has 0 radical (unpaired) electrons. The molecule has 1 aliphatic carbocycles. The molecule has 1 atom stereocenters. The summed E-state index contributed by atoms with van der Waals surface area (Å²) in [6.07, 6.45) is 21.3. The molecule has 1 saturated carbocycles. The number of aromatic amines is 5. The highest BCUT2D eigenvalue weighted by Gasteiger charge is 2.30. The third-order valence-corrected chi connectivity index (χ3v) is 21.5. The van der Waals surface area contributed by atoms with E-state index >= 15 is 0 Å². The average molecular weight is 1940 g/mol. The maximum Gasteiger partial charge on any atom is 0.341 e. The number of aliphatic hydroxyl groups excluding tert-OH is 6. The summed E-state index contributed by atoms with van der Waals surface area (Å²) in [4.78, 5) is 62.1. The lowest BCUT2D eigenvalue weighted by Crippen LogP contribution is -2.41. The van der Waals surface area contributed by atoms with E-state index in [1.54, 1.807) is 189 Å². The maximum absolute atomic E-state index is 13.1. The second kappa shape index (κ2) is 50.6. The first-order chi connectivity index (χ1) is 69.0. The fourth-order valence-corrected chi connectivity index (χ4v) is 14.3. The van der Waals surface area contributed by atoms with Crippen LogP contribution in [0.3, 0.4) is 0 Å². The minimum absolute atomic E-state index is 0.000696. The van der Waals surface area contributed by atoms with Crippen molar-refractivity contribution in [3.05, 3.63) is 319 Å². The van der Waals surface area contributed by atoms with Gasteiger partial charge >= 0.3 is 11.9 Å². The first-order valence-electron chi connectivity index (χ1n) is 44.8. The van der Waals surface area contributed by atoms with E-state index in [4.69, 9.17) is 43.1 Å². The summed E-state index contributed by atoms with van der Waals surface area (Å²) in [6.45, 7) is 4.85. The highest BCUT2D eigenvalue weighted by molar-refractivity contribution is 6.09. The van der Waals surface area contributed by atoms with Crippen LogP contribution in [0.1, 0.15) is 147 Å². The number of ether oxygens (including phenoxy) is 6. The number of aliphatic hydroxyl groups is 6. The number of halogens is 5. The molecular weight excluding hydrogens is 1840 g/mol. The normalized spacial score (nSPS) is 12.1. The van der Waals surface area contributed by atoms with Gasteiger partial charge in [0.05, 0.1) is 165 Å². The van der Waals surface area contributed by atoms with Crippen LogP contribution in [-0.4, -0.2) is 208 Å². The topological polar surface area (TPSA) is 475 Å². The number of nitrogens with one attached hydrogen (secondary N) is 8. The predicted molar refractivity (Wildman–Crippen MR) is 526 cm³/mol. The highest BCUT2D eigenvalue weighted by atomic mass is 19.1. The van der Waals surface area contributed by atoms with Gasteiger partial charge in [0.1, 0.15) is 108 Å². The standard InChI is InChI=1S/C23H20FN3O4.C23H26FN3O4.C21H20FN3O3.C20H19FN2O4.C18H15FN2O4/c24-16-6-3-15(4-7-16)5-9-19-21-20(27-26-19)10-8-18(22(21)31-13-11-28)23(29)25-14-17-2-1-12-30-17;1-14(2)20(13-29)25-23(30)17-8-10-19-21(22(17)31-12-11-28)18(26-27-19)9-5-15-3-6-16(24)7-4-15;22-14-4-1-13(2-5-14)3-9-17-19-18(25-24-17)10-8-16(20(19)28-12-11-26)21(27)23-15-6-7-15;1-2-26-20(25)15-8-10-17-18(19(15)27-12-11-24)16(22-23-17)9-5-13-3-6-14(21)7-4-13;19-12-4-1-11(2-5-12)3-7-14-16-15(21-20-14)8-6-13(18(23)24)17(16)25-10-9-22/h1-10,12,28H,11,13-14H2,(H,25,29)(H,26,27);3-10,14,20,28-29H,11-13H2,1-2H3,(H,25,30)(H,26,27);1-5,8-10,15,26H,6-7,11-12H2,(H,23,27)(H,24,25);3-10,24H,2,11-12H2,1H3,(H,22,23);1-8,22H,9-10H2,(H,20,21)(H,23,24)/b2*9-5+;9-3+;9-5+;7-3+/t;20-;;;/m.1.../s1. The van der Waals surface area contributed by atoms with Gasteiger partial charge in [-0.15, -0.1) is 0 Å². The number of carbonyl (C=O) groups is 5. The fraction of sp³-hybridized carbons (Fsp3) is 0.200. The minimum Gasteiger partial charge on any atom is -0.490 e. The van der Waals surface area contributed by atoms with Gasteiger partial charge in [-0.2, -0.15) is 25.5 Å². The van der Waals surface area contributed by atoms with E-state index < -0.39 is 23.9 Å². The first-order valence-corrected chi connectivity index (χ1v) is 44.8. The number of esters is 1. The van der Waals surface area contributed by atoms with E-state index in [1.807, 2.05) is 19.9 Å². The first kappa shape index (κ1) is 103. The van der Waals surface area contributed by atoms with Gasteiger partial charge < -0.3 is 84.5 Å². The van der Waals surface area contributed by atoms with Crippen molar-refractivity contribution in [2.45, 2.75) is 52.2 Å². The number of carboxylic acid groups (broad SMARTS) is 1. The molecule has 15 N–H and O–H groups in total. The molecule has 16 aromatic rings. The van der Waals surface area contributed by atoms with Crippen molar-refractivity contribution in [1.29, 1.82) is 0 Å². The van der Waals surface area contributed by atoms with Crippen LogP contribution in [0, 0.1) is 35.0 Å². The number of carboxylic acids is 1. The van der Waals surface area contributed by atoms with E-state index in [9.17, 15) is 71.5 Å². The van der Waals surface area contributed by atoms with Crippen molar-refractivity contribution in [2.75, 3.05) is 79.3 Å². The molecule has 734 valence electrons. The van der Waals surface area contributed by atoms with Crippen LogP contribution in [0.4, 0.5) is 22.0 Å². The monoisotopic (exact) mass is 1940 g/mol. The van der Waals surface area contributed by atoms with Crippen molar-refractivity contribution in [3.63, 3.8) is 0 Å². The Kier molecular flexibility index (Phi) is 36.6. The summed E-state index contributed by atoms with van der Waals surface area (Å²) in [7, 11) is 0. The molecule has 0 unspecified atom stereocenters. The van der Waals surface area contributed by atoms with E-state index in [0.29, 0.717) is 117 Å². The number of aromatic carboxylic acids is 1. The van der Waals surface area contributed by atoms with Crippen LogP contribution in [-0.2, 0) is 11.3 Å². The van der Waals surface area contributed by atoms with Gasteiger partial charge in [-0.3, -0.25) is 39.9 Å². The third kappa shape index (κ3) is 27.2. The second-order valence-electron chi connectivity index (χ2n) is 31.7. The maximum atomic E-state index is 13.1. The number of H-pyrrole nitrogens is 5. The molecule has 0 bridgehead atoms. The number of hydrogen-bond acceptors (Lipinski definition) is 23. The Morgan fingerprint density at radius 2 is 0.676 bits per heavy atom. The zero-order chi connectivity index (χ0) is 101. The van der Waals surface area contributed by atoms with E-state index in [1.165, 1.54) is 73.0 Å². The van der Waals surface area contributed by atoms with Gasteiger partial charge in [0.15, 0.2) is 0 Å². The predicted octanol–water partition coefficient (Wildman–Crippen LogP) is 16.3. The van der Waals surface area contributed by atoms with Crippen molar-refractivity contribution in [1.82, 2.24) is 66.9 Å². The summed E-state index contributed by atoms with van der Waals surface area (Å²) >= 11 is 0. The van der Waals surface area contributed by atoms with Crippen LogP contribution in [0.5, 0.6) is 28.7 Å². The molecule has 17 rings (SSSR count). The SMILES string of the molecule is CC(C)[C@@H](CO)NC(=O)c1ccc2n[nH]c(/C=C/c3ccc(F)cc3)c2c1OCCO.CCOC(=O)c1ccc2n[nH]c(/C=C/c3ccc(F)cc3)c2c1OCCO.O=C(NC1CC1)c1ccc2n[nH]c(/C=C/c3ccc(F)cc3)c2c1OCCO.O=C(NCc1ccco1)c1ccc2n[nH]c(/C=C/c3ccc(F)cc3)c2c1OCCO.O=C(O)c1ccc2n[nH]c(/C=C/c3ccc(F)cc3)c2c1OCCO. The van der Waals surface area contributed by atoms with Crippen LogP contribution >= 0.6 is 0 Å². The Morgan fingerprint density at radius 1 is 0.387 bits per heavy atom. The molecule has 1 aliphatic rings. The van der Waals surface area contributed by atoms with Gasteiger partial charge in [-0.25, -0.2) is 31.5 Å². The van der Waals surface area contributed by atoms with Gasteiger partial charge in [0.25, 0.3) is 17.7 Å². The Morgan fingerprint density at radius 3 is 0.951 bits per heavy atom. The Balaban J connectivity index is 0.000000149. The lowest BCUT2D eigenvalue weighted by Gasteiger charge is -2.21. The molecule has 37 heteroatoms. The zero-order valence-corrected chi connectivity index (χ0v) is 76.8. The highest BCUT2D eigenvalue weighted by Crippen LogP contribution is 2.40. The van der Waals surface area contributed by atoms with Gasteiger partial charge in [0, 0.05) is 6.04 Å². The largest absolute Gasteiger partial charge is 0.490 e. The lowest BCUT2D eigenvalue weighted by atomic mass is 10.0. The zero-order valence-electron chi connectivity index (χ0n) is 76.8. The number of nitrogens with zero attached hydrogens (tertiary/aromatic N) is 5. The van der Waals surface area contributed by atoms with Crippen molar-refractivity contribution in [2.24, 2.45) is 5.92 Å². The fourth-order valence-electron chi connectivity index (χ4n) is 14.3. The van der Waals surface area contributed by atoms with Gasteiger partial charge in [0.2, 0.25) is 0 Å². The van der Waals surface area contributed by atoms with Gasteiger partial charge in [-0.1, -0.05) is 105 Å². The van der Waals surface area contributed by atoms with Crippen LogP contribution in [0.2, 0.25) is 0 Å². The van der Waals surface area contributed by atoms with Gasteiger partial charge in [-0.05, 0) is 217 Å². The quantitative estimate of drug-likeness (QED) is 0.0127. The smallest absolute Gasteiger partial charge is 0.341 e. The van der Waals surface area contributed by atoms with Crippen molar-refractivity contribution >= 4 is 145 Å². The average Bonchev–Trinajstić information content (AvgIpc) is 1.62. The van der Waals surface area contributed by atoms with Crippen LogP contribution in [0.25, 0.3) is 115 Å². The third-order valence-electron chi connectivity index (χ3n) is 21.5. The Bertz CT molecular complexity index is 7140. The summed E-state index contributed by atoms with van der Waals surface area (Å²) in [5.41, 5.74) is 11.3. The molecular formula is C105H100F5N13O19. The molecule has 6 aromatic heterocycles. The number of furan rings is 1. The van der Waals surface area contributed by atoms with E-state index in [-0.39, 0.29) is 167 Å². The molecule has 6 heterocycles. The number of fused-ring (bicyclic) bond motifs is 5. The van der Waals surface area contributed by atoms with Crippen LogP contribution < -0.4 is 39.6 Å². The minimum atomic E-state index is -1.13. The van der Waals surface area contributed by atoms with Crippen molar-refractivity contribution < 1.29 is 115 Å². The van der Waals surface area contributed by atoms with E-state index in [2.05, 4.69) is 66.9 Å². The number of amides is 3. The molecule has 1 fully saturated rings. The Hall–Kier alpha value is -16.7. The summed E-state index contributed by atoms with van der Waals surface area (Å²) < 4.78 is 104. The Labute approximate surface area is 807 Å².